The van der Waals surface area contributed by atoms with Gasteiger partial charge in [0.15, 0.2) is 0 Å². The zero-order valence-corrected chi connectivity index (χ0v) is 13.3. The van der Waals surface area contributed by atoms with Gasteiger partial charge in [0.2, 0.25) is 5.91 Å². The lowest BCUT2D eigenvalue weighted by molar-refractivity contribution is -0.127. The fourth-order valence-electron chi connectivity index (χ4n) is 3.19. The Morgan fingerprint density at radius 2 is 2.14 bits per heavy atom. The van der Waals surface area contributed by atoms with E-state index in [0.717, 1.165) is 36.5 Å². The first-order chi connectivity index (χ1) is 10.7. The molecule has 1 amide bonds. The average Bonchev–Trinajstić information content (AvgIpc) is 3.08. The Balaban J connectivity index is 1.94. The summed E-state index contributed by atoms with van der Waals surface area (Å²) >= 11 is 0. The van der Waals surface area contributed by atoms with E-state index in [4.69, 9.17) is 9.72 Å². The van der Waals surface area contributed by atoms with Crippen LogP contribution >= 0.6 is 0 Å². The molecule has 1 aromatic carbocycles. The first kappa shape index (κ1) is 15.0. The SMILES string of the molecule is CCOCCn1c(C2CC(=O)N(CC)C2)nc2ccccc21. The number of rotatable bonds is 6. The number of likely N-dealkylation sites (N-methyl/N-ethyl adjacent to an activating group) is 1. The molecule has 1 unspecified atom stereocenters. The number of benzene rings is 1. The van der Waals surface area contributed by atoms with E-state index < -0.39 is 0 Å². The summed E-state index contributed by atoms with van der Waals surface area (Å²) in [4.78, 5) is 18.8. The van der Waals surface area contributed by atoms with Crippen LogP contribution in [-0.2, 0) is 16.1 Å². The molecule has 1 aliphatic heterocycles. The second-order valence-corrected chi connectivity index (χ2v) is 5.64. The van der Waals surface area contributed by atoms with E-state index >= 15 is 0 Å². The molecule has 5 heteroatoms. The molecule has 1 fully saturated rings. The Morgan fingerprint density at radius 3 is 2.86 bits per heavy atom. The van der Waals surface area contributed by atoms with Gasteiger partial charge in [-0.05, 0) is 26.0 Å². The molecule has 0 N–H and O–H groups in total. The third-order valence-corrected chi connectivity index (χ3v) is 4.31. The molecule has 0 bridgehead atoms. The summed E-state index contributed by atoms with van der Waals surface area (Å²) in [6.45, 7) is 7.73. The van der Waals surface area contributed by atoms with E-state index in [9.17, 15) is 4.79 Å². The van der Waals surface area contributed by atoms with Crippen LogP contribution < -0.4 is 0 Å². The van der Waals surface area contributed by atoms with Crippen LogP contribution in [0.1, 0.15) is 32.0 Å². The van der Waals surface area contributed by atoms with Gasteiger partial charge in [0.25, 0.3) is 0 Å². The Kier molecular flexibility index (Phi) is 4.43. The van der Waals surface area contributed by atoms with Crippen molar-refractivity contribution in [2.45, 2.75) is 32.7 Å². The summed E-state index contributed by atoms with van der Waals surface area (Å²) in [5, 5.41) is 0. The maximum atomic E-state index is 12.0. The number of aromatic nitrogens is 2. The first-order valence-corrected chi connectivity index (χ1v) is 8.05. The number of ether oxygens (including phenoxy) is 1. The minimum absolute atomic E-state index is 0.182. The van der Waals surface area contributed by atoms with Gasteiger partial charge in [-0.25, -0.2) is 4.98 Å². The van der Waals surface area contributed by atoms with E-state index in [-0.39, 0.29) is 11.8 Å². The number of carbonyl (C=O) groups excluding carboxylic acids is 1. The second-order valence-electron chi connectivity index (χ2n) is 5.64. The molecule has 2 aromatic rings. The Hall–Kier alpha value is -1.88. The van der Waals surface area contributed by atoms with Gasteiger partial charge < -0.3 is 14.2 Å². The van der Waals surface area contributed by atoms with Crippen LogP contribution in [0.25, 0.3) is 11.0 Å². The van der Waals surface area contributed by atoms with Crippen molar-refractivity contribution in [3.63, 3.8) is 0 Å². The van der Waals surface area contributed by atoms with Crippen molar-refractivity contribution in [3.05, 3.63) is 30.1 Å². The van der Waals surface area contributed by atoms with Gasteiger partial charge in [0.05, 0.1) is 17.6 Å². The van der Waals surface area contributed by atoms with E-state index in [2.05, 4.69) is 10.6 Å². The third kappa shape index (κ3) is 2.73. The molecule has 2 heterocycles. The lowest BCUT2D eigenvalue weighted by atomic mass is 10.1. The smallest absolute Gasteiger partial charge is 0.223 e. The van der Waals surface area contributed by atoms with Crippen molar-refractivity contribution >= 4 is 16.9 Å². The predicted molar refractivity (Wildman–Crippen MR) is 85.8 cm³/mol. The number of hydrogen-bond donors (Lipinski definition) is 0. The van der Waals surface area contributed by atoms with Crippen molar-refractivity contribution in [2.75, 3.05) is 26.3 Å². The Bertz CT molecular complexity index is 665. The van der Waals surface area contributed by atoms with Gasteiger partial charge >= 0.3 is 0 Å². The summed E-state index contributed by atoms with van der Waals surface area (Å²) in [5.74, 6) is 1.43. The lowest BCUT2D eigenvalue weighted by Crippen LogP contribution is -2.24. The number of fused-ring (bicyclic) bond motifs is 1. The summed E-state index contributed by atoms with van der Waals surface area (Å²) in [7, 11) is 0. The van der Waals surface area contributed by atoms with Crippen LogP contribution in [0.4, 0.5) is 0 Å². The molecule has 3 rings (SSSR count). The van der Waals surface area contributed by atoms with Gasteiger partial charge in [-0.3, -0.25) is 4.79 Å². The summed E-state index contributed by atoms with van der Waals surface area (Å²) in [6, 6.07) is 8.16. The van der Waals surface area contributed by atoms with E-state index in [1.807, 2.05) is 36.9 Å². The maximum Gasteiger partial charge on any atom is 0.223 e. The number of nitrogens with zero attached hydrogens (tertiary/aromatic N) is 3. The van der Waals surface area contributed by atoms with Gasteiger partial charge in [0, 0.05) is 38.6 Å². The third-order valence-electron chi connectivity index (χ3n) is 4.31. The molecule has 1 atom stereocenters. The summed E-state index contributed by atoms with van der Waals surface area (Å²) in [6.07, 6.45) is 0.561. The molecule has 0 aliphatic carbocycles. The van der Waals surface area contributed by atoms with Crippen molar-refractivity contribution < 1.29 is 9.53 Å². The van der Waals surface area contributed by atoms with Gasteiger partial charge in [0.1, 0.15) is 5.82 Å². The second kappa shape index (κ2) is 6.48. The molecule has 1 saturated heterocycles. The van der Waals surface area contributed by atoms with E-state index in [1.54, 1.807) is 0 Å². The normalized spacial score (nSPS) is 18.5. The molecule has 1 aliphatic rings. The van der Waals surface area contributed by atoms with Crippen LogP contribution in [0, 0.1) is 0 Å². The zero-order chi connectivity index (χ0) is 15.5. The number of likely N-dealkylation sites (tertiary alicyclic amines) is 1. The monoisotopic (exact) mass is 301 g/mol. The maximum absolute atomic E-state index is 12.0. The minimum atomic E-state index is 0.182. The predicted octanol–water partition coefficient (Wildman–Crippen LogP) is 2.41. The molecule has 0 spiro atoms. The van der Waals surface area contributed by atoms with Crippen LogP contribution in [0.3, 0.4) is 0 Å². The fourth-order valence-corrected chi connectivity index (χ4v) is 3.19. The first-order valence-electron chi connectivity index (χ1n) is 8.05. The topological polar surface area (TPSA) is 47.4 Å². The molecule has 118 valence electrons. The summed E-state index contributed by atoms with van der Waals surface area (Å²) < 4.78 is 7.74. The van der Waals surface area contributed by atoms with Crippen molar-refractivity contribution in [1.82, 2.24) is 14.5 Å². The van der Waals surface area contributed by atoms with Crippen LogP contribution in [0.2, 0.25) is 0 Å². The van der Waals surface area contributed by atoms with Gasteiger partial charge in [-0.15, -0.1) is 0 Å². The van der Waals surface area contributed by atoms with Crippen LogP contribution in [0.5, 0.6) is 0 Å². The minimum Gasteiger partial charge on any atom is -0.380 e. The largest absolute Gasteiger partial charge is 0.380 e. The molecular weight excluding hydrogens is 278 g/mol. The van der Waals surface area contributed by atoms with Crippen LogP contribution in [0.15, 0.2) is 24.3 Å². The van der Waals surface area contributed by atoms with Gasteiger partial charge in [-0.1, -0.05) is 12.1 Å². The quantitative estimate of drug-likeness (QED) is 0.770. The van der Waals surface area contributed by atoms with E-state index in [1.165, 1.54) is 0 Å². The highest BCUT2D eigenvalue weighted by Gasteiger charge is 2.32. The Labute approximate surface area is 130 Å². The summed E-state index contributed by atoms with van der Waals surface area (Å²) in [5.41, 5.74) is 2.12. The van der Waals surface area contributed by atoms with Crippen LogP contribution in [-0.4, -0.2) is 46.7 Å². The average molecular weight is 301 g/mol. The standard InChI is InChI=1S/C17H23N3O2/c1-3-19-12-13(11-16(19)21)17-18-14-7-5-6-8-15(14)20(17)9-10-22-4-2/h5-8,13H,3-4,9-12H2,1-2H3. The highest BCUT2D eigenvalue weighted by Crippen LogP contribution is 2.30. The highest BCUT2D eigenvalue weighted by molar-refractivity contribution is 5.80. The van der Waals surface area contributed by atoms with E-state index in [0.29, 0.717) is 19.6 Å². The number of carbonyl (C=O) groups is 1. The van der Waals surface area contributed by atoms with Crippen molar-refractivity contribution in [2.24, 2.45) is 0 Å². The Morgan fingerprint density at radius 1 is 1.32 bits per heavy atom. The molecule has 22 heavy (non-hydrogen) atoms. The number of para-hydroxylation sites is 2. The number of hydrogen-bond acceptors (Lipinski definition) is 3. The molecule has 0 radical (unpaired) electrons. The van der Waals surface area contributed by atoms with Crippen molar-refractivity contribution in [3.8, 4) is 0 Å². The zero-order valence-electron chi connectivity index (χ0n) is 13.3. The molecule has 1 aromatic heterocycles. The lowest BCUT2D eigenvalue weighted by Gasteiger charge is -2.15. The van der Waals surface area contributed by atoms with Gasteiger partial charge in [-0.2, -0.15) is 0 Å². The molecular formula is C17H23N3O2. The number of imidazole rings is 1. The molecule has 0 saturated carbocycles. The van der Waals surface area contributed by atoms with Crippen molar-refractivity contribution in [1.29, 1.82) is 0 Å². The number of amides is 1. The fraction of sp³-hybridized carbons (Fsp3) is 0.529. The highest BCUT2D eigenvalue weighted by atomic mass is 16.5. The molecule has 5 nitrogen and oxygen atoms in total.